The molecule has 0 saturated heterocycles. The van der Waals surface area contributed by atoms with Crippen LogP contribution in [0.5, 0.6) is 0 Å². The van der Waals surface area contributed by atoms with E-state index in [1.54, 1.807) is 0 Å². The fraction of sp³-hybridized carbons (Fsp3) is 0.250. The predicted octanol–water partition coefficient (Wildman–Crippen LogP) is 1.04. The van der Waals surface area contributed by atoms with E-state index in [1.165, 1.54) is 29.9 Å². The molecule has 100 valence electrons. The first-order chi connectivity index (χ1) is 9.22. The Morgan fingerprint density at radius 1 is 1.47 bits per heavy atom. The van der Waals surface area contributed by atoms with Gasteiger partial charge in [-0.15, -0.1) is 10.2 Å². The first-order valence-electron chi connectivity index (χ1n) is 5.63. The molecule has 0 radical (unpaired) electrons. The Labute approximate surface area is 114 Å². The van der Waals surface area contributed by atoms with Crippen LogP contribution in [0.4, 0.5) is 0 Å². The van der Waals surface area contributed by atoms with E-state index in [0.29, 0.717) is 10.9 Å². The molecular formula is C12H14N4O2S. The summed E-state index contributed by atoms with van der Waals surface area (Å²) >= 11 is 1.36. The van der Waals surface area contributed by atoms with E-state index in [9.17, 15) is 4.79 Å². The van der Waals surface area contributed by atoms with Crippen molar-refractivity contribution in [2.75, 3.05) is 18.7 Å². The van der Waals surface area contributed by atoms with Gasteiger partial charge in [0, 0.05) is 5.75 Å². The van der Waals surface area contributed by atoms with Crippen molar-refractivity contribution in [3.63, 3.8) is 0 Å². The van der Waals surface area contributed by atoms with E-state index in [1.807, 2.05) is 30.3 Å². The molecule has 1 unspecified atom stereocenters. The highest BCUT2D eigenvalue weighted by Crippen LogP contribution is 2.25. The molecule has 0 aliphatic carbocycles. The van der Waals surface area contributed by atoms with E-state index in [0.717, 1.165) is 5.56 Å². The molecule has 19 heavy (non-hydrogen) atoms. The van der Waals surface area contributed by atoms with Gasteiger partial charge in [0.05, 0.1) is 13.0 Å². The summed E-state index contributed by atoms with van der Waals surface area (Å²) in [5.74, 6) is 5.49. The summed E-state index contributed by atoms with van der Waals surface area (Å²) in [6.07, 6.45) is 1.41. The number of thioether (sulfide) groups is 1. The lowest BCUT2D eigenvalue weighted by atomic mass is 10.0. The molecule has 2 aromatic rings. The number of esters is 1. The maximum Gasteiger partial charge on any atom is 0.313 e. The number of nitrogens with two attached hydrogens (primary N) is 1. The highest BCUT2D eigenvalue weighted by molar-refractivity contribution is 7.99. The van der Waals surface area contributed by atoms with E-state index < -0.39 is 0 Å². The number of benzene rings is 1. The molecule has 0 fully saturated rings. The number of carbonyl (C=O) groups excluding carboxylic acids is 1. The van der Waals surface area contributed by atoms with Gasteiger partial charge in [0.1, 0.15) is 6.33 Å². The van der Waals surface area contributed by atoms with Crippen LogP contribution >= 0.6 is 11.8 Å². The summed E-state index contributed by atoms with van der Waals surface area (Å²) < 4.78 is 6.16. The number of hydrogen-bond acceptors (Lipinski definition) is 6. The Morgan fingerprint density at radius 2 is 2.21 bits per heavy atom. The molecule has 0 aliphatic heterocycles. The molecule has 2 rings (SSSR count). The largest absolute Gasteiger partial charge is 0.469 e. The van der Waals surface area contributed by atoms with Crippen LogP contribution in [0, 0.1) is 0 Å². The topological polar surface area (TPSA) is 83.0 Å². The zero-order valence-electron chi connectivity index (χ0n) is 10.4. The van der Waals surface area contributed by atoms with E-state index >= 15 is 0 Å². The van der Waals surface area contributed by atoms with Gasteiger partial charge in [-0.25, -0.2) is 4.68 Å². The van der Waals surface area contributed by atoms with Crippen LogP contribution in [0.25, 0.3) is 0 Å². The molecule has 0 amide bonds. The third-order valence-corrected chi connectivity index (χ3v) is 3.66. The summed E-state index contributed by atoms with van der Waals surface area (Å²) in [7, 11) is 1.38. The lowest BCUT2D eigenvalue weighted by molar-refractivity contribution is -0.141. The second-order valence-corrected chi connectivity index (χ2v) is 4.81. The molecule has 0 saturated carbocycles. The number of aromatic nitrogens is 3. The van der Waals surface area contributed by atoms with Gasteiger partial charge in [0.15, 0.2) is 0 Å². The van der Waals surface area contributed by atoms with Gasteiger partial charge >= 0.3 is 5.97 Å². The van der Waals surface area contributed by atoms with Gasteiger partial charge in [-0.1, -0.05) is 42.1 Å². The van der Waals surface area contributed by atoms with Gasteiger partial charge in [0.2, 0.25) is 5.16 Å². The predicted molar refractivity (Wildman–Crippen MR) is 72.1 cm³/mol. The minimum Gasteiger partial charge on any atom is -0.469 e. The molecule has 7 heteroatoms. The number of hydrogen-bond donors (Lipinski definition) is 1. The van der Waals surface area contributed by atoms with Gasteiger partial charge in [-0.05, 0) is 5.56 Å². The smallest absolute Gasteiger partial charge is 0.313 e. The van der Waals surface area contributed by atoms with Crippen LogP contribution in [0.3, 0.4) is 0 Å². The molecule has 0 aliphatic rings. The zero-order valence-corrected chi connectivity index (χ0v) is 11.2. The van der Waals surface area contributed by atoms with Crippen LogP contribution in [0.15, 0.2) is 41.8 Å². The number of nitrogens with zero attached hydrogens (tertiary/aromatic N) is 3. The number of rotatable bonds is 5. The third-order valence-electron chi connectivity index (χ3n) is 2.61. The molecule has 6 nitrogen and oxygen atoms in total. The van der Waals surface area contributed by atoms with Crippen molar-refractivity contribution in [2.45, 2.75) is 11.1 Å². The fourth-order valence-corrected chi connectivity index (χ4v) is 2.57. The lowest BCUT2D eigenvalue weighted by Gasteiger charge is -2.14. The Balaban J connectivity index is 2.11. The Kier molecular flexibility index (Phi) is 4.40. The van der Waals surface area contributed by atoms with Crippen molar-refractivity contribution < 1.29 is 9.53 Å². The molecule has 1 atom stereocenters. The highest BCUT2D eigenvalue weighted by atomic mass is 32.2. The maximum atomic E-state index is 11.8. The van der Waals surface area contributed by atoms with Gasteiger partial charge in [-0.2, -0.15) is 0 Å². The Morgan fingerprint density at radius 3 is 2.79 bits per heavy atom. The summed E-state index contributed by atoms with van der Waals surface area (Å²) in [4.78, 5) is 11.8. The molecule has 1 heterocycles. The monoisotopic (exact) mass is 278 g/mol. The summed E-state index contributed by atoms with van der Waals surface area (Å²) in [6, 6.07) is 9.48. The number of nitrogen functional groups attached to an aromatic ring is 1. The normalized spacial score (nSPS) is 12.1. The average Bonchev–Trinajstić information content (AvgIpc) is 2.85. The molecular weight excluding hydrogens is 264 g/mol. The first kappa shape index (κ1) is 13.4. The van der Waals surface area contributed by atoms with Gasteiger partial charge in [-0.3, -0.25) is 4.79 Å². The number of methoxy groups -OCH3 is 1. The van der Waals surface area contributed by atoms with Crippen molar-refractivity contribution in [1.29, 1.82) is 0 Å². The quantitative estimate of drug-likeness (QED) is 0.500. The minimum absolute atomic E-state index is 0.276. The average molecular weight is 278 g/mol. The Hall–Kier alpha value is -2.02. The zero-order chi connectivity index (χ0) is 13.7. The van der Waals surface area contributed by atoms with Crippen molar-refractivity contribution in [3.05, 3.63) is 42.2 Å². The number of ether oxygens (including phenoxy) is 1. The number of carbonyl (C=O) groups is 1. The SMILES string of the molecule is COC(=O)C(CSc1nncn1N)c1ccccc1. The summed E-state index contributed by atoms with van der Waals surface area (Å²) in [6.45, 7) is 0. The van der Waals surface area contributed by atoms with Crippen LogP contribution in [-0.4, -0.2) is 33.7 Å². The van der Waals surface area contributed by atoms with Crippen molar-refractivity contribution >= 4 is 17.7 Å². The Bertz CT molecular complexity index is 544. The summed E-state index contributed by atoms with van der Waals surface area (Å²) in [5.41, 5.74) is 0.907. The van der Waals surface area contributed by atoms with Crippen molar-refractivity contribution in [2.24, 2.45) is 0 Å². The second-order valence-electron chi connectivity index (χ2n) is 3.82. The van der Waals surface area contributed by atoms with E-state index in [2.05, 4.69) is 10.2 Å². The maximum absolute atomic E-state index is 11.8. The van der Waals surface area contributed by atoms with Crippen molar-refractivity contribution in [3.8, 4) is 0 Å². The minimum atomic E-state index is -0.354. The molecule has 0 bridgehead atoms. The van der Waals surface area contributed by atoms with E-state index in [4.69, 9.17) is 10.6 Å². The second kappa shape index (κ2) is 6.24. The standard InChI is InChI=1S/C12H14N4O2S/c1-18-11(17)10(9-5-3-2-4-6-9)7-19-12-15-14-8-16(12)13/h2-6,8,10H,7,13H2,1H3. The van der Waals surface area contributed by atoms with Crippen LogP contribution in [0.2, 0.25) is 0 Å². The fourth-order valence-electron chi connectivity index (χ4n) is 1.62. The van der Waals surface area contributed by atoms with E-state index in [-0.39, 0.29) is 11.9 Å². The third kappa shape index (κ3) is 3.25. The summed E-state index contributed by atoms with van der Waals surface area (Å²) in [5, 5.41) is 8.11. The first-order valence-corrected chi connectivity index (χ1v) is 6.61. The lowest BCUT2D eigenvalue weighted by Crippen LogP contribution is -2.17. The molecule has 1 aromatic carbocycles. The highest BCUT2D eigenvalue weighted by Gasteiger charge is 2.22. The molecule has 1 aromatic heterocycles. The molecule has 2 N–H and O–H groups in total. The van der Waals surface area contributed by atoms with Crippen LogP contribution in [-0.2, 0) is 9.53 Å². The van der Waals surface area contributed by atoms with Crippen LogP contribution < -0.4 is 5.84 Å². The molecule has 0 spiro atoms. The van der Waals surface area contributed by atoms with Crippen molar-refractivity contribution in [1.82, 2.24) is 14.9 Å². The van der Waals surface area contributed by atoms with Gasteiger partial charge < -0.3 is 10.6 Å². The van der Waals surface area contributed by atoms with Gasteiger partial charge in [0.25, 0.3) is 0 Å². The van der Waals surface area contributed by atoms with Crippen LogP contribution in [0.1, 0.15) is 11.5 Å².